The SMILES string of the molecule is Cc1oc(C(=O)O)cc1COc1ccc(Br)cc1C#N. The number of furan rings is 1. The first-order chi connectivity index (χ1) is 9.51. The lowest BCUT2D eigenvalue weighted by Crippen LogP contribution is -1.98. The topological polar surface area (TPSA) is 83.5 Å². The molecule has 0 saturated carbocycles. The second kappa shape index (κ2) is 5.80. The van der Waals surface area contributed by atoms with Gasteiger partial charge in [-0.15, -0.1) is 0 Å². The smallest absolute Gasteiger partial charge is 0.371 e. The minimum atomic E-state index is -1.12. The molecule has 0 aliphatic rings. The van der Waals surface area contributed by atoms with Crippen molar-refractivity contribution in [3.05, 3.63) is 51.4 Å². The van der Waals surface area contributed by atoms with Gasteiger partial charge in [0.1, 0.15) is 24.2 Å². The van der Waals surface area contributed by atoms with Crippen LogP contribution in [-0.2, 0) is 6.61 Å². The fourth-order valence-corrected chi connectivity index (χ4v) is 2.00. The molecule has 1 N–H and O–H groups in total. The molecule has 0 radical (unpaired) electrons. The zero-order chi connectivity index (χ0) is 14.7. The van der Waals surface area contributed by atoms with E-state index in [0.717, 1.165) is 4.47 Å². The summed E-state index contributed by atoms with van der Waals surface area (Å²) in [5.41, 5.74) is 1.04. The molecule has 20 heavy (non-hydrogen) atoms. The molecule has 2 aromatic rings. The first-order valence-corrected chi connectivity index (χ1v) is 6.45. The van der Waals surface area contributed by atoms with Gasteiger partial charge in [0.05, 0.1) is 5.56 Å². The molecule has 0 saturated heterocycles. The molecule has 0 bridgehead atoms. The van der Waals surface area contributed by atoms with Crippen molar-refractivity contribution in [1.82, 2.24) is 0 Å². The zero-order valence-corrected chi connectivity index (χ0v) is 12.1. The number of aromatic carboxylic acids is 1. The maximum Gasteiger partial charge on any atom is 0.371 e. The predicted octanol–water partition coefficient (Wildman–Crippen LogP) is 3.50. The summed E-state index contributed by atoms with van der Waals surface area (Å²) in [4.78, 5) is 10.8. The molecule has 0 amide bonds. The molecule has 5 nitrogen and oxygen atoms in total. The third kappa shape index (κ3) is 3.00. The number of carboxylic acids is 1. The average Bonchev–Trinajstić information content (AvgIpc) is 2.79. The second-order valence-electron chi connectivity index (χ2n) is 4.04. The van der Waals surface area contributed by atoms with Crippen molar-refractivity contribution in [2.75, 3.05) is 0 Å². The highest BCUT2D eigenvalue weighted by Gasteiger charge is 2.14. The summed E-state index contributed by atoms with van der Waals surface area (Å²) in [5.74, 6) is -0.329. The molecule has 6 heteroatoms. The van der Waals surface area contributed by atoms with Crippen molar-refractivity contribution in [2.24, 2.45) is 0 Å². The van der Waals surface area contributed by atoms with E-state index >= 15 is 0 Å². The first-order valence-electron chi connectivity index (χ1n) is 5.66. The van der Waals surface area contributed by atoms with Gasteiger partial charge in [0, 0.05) is 10.0 Å². The fourth-order valence-electron chi connectivity index (χ4n) is 1.64. The maximum absolute atomic E-state index is 10.8. The Morgan fingerprint density at radius 1 is 1.50 bits per heavy atom. The Hall–Kier alpha value is -2.26. The molecule has 0 fully saturated rings. The van der Waals surface area contributed by atoms with Crippen molar-refractivity contribution >= 4 is 21.9 Å². The number of rotatable bonds is 4. The van der Waals surface area contributed by atoms with Gasteiger partial charge < -0.3 is 14.3 Å². The maximum atomic E-state index is 10.8. The van der Waals surface area contributed by atoms with Crippen LogP contribution in [0.1, 0.15) is 27.4 Å². The lowest BCUT2D eigenvalue weighted by atomic mass is 10.2. The molecule has 0 unspecified atom stereocenters. The van der Waals surface area contributed by atoms with E-state index in [2.05, 4.69) is 15.9 Å². The monoisotopic (exact) mass is 335 g/mol. The molecule has 0 spiro atoms. The summed E-state index contributed by atoms with van der Waals surface area (Å²) in [5, 5.41) is 17.9. The van der Waals surface area contributed by atoms with Crippen molar-refractivity contribution in [3.8, 4) is 11.8 Å². The number of halogens is 1. The number of carboxylic acid groups (broad SMARTS) is 1. The molecular formula is C14H10BrNO4. The molecule has 102 valence electrons. The minimum absolute atomic E-state index is 0.127. The first kappa shape index (κ1) is 14.2. The van der Waals surface area contributed by atoms with E-state index in [9.17, 15) is 4.79 Å². The van der Waals surface area contributed by atoms with Crippen molar-refractivity contribution in [3.63, 3.8) is 0 Å². The van der Waals surface area contributed by atoms with Crippen LogP contribution in [0.5, 0.6) is 5.75 Å². The number of carbonyl (C=O) groups is 1. The van der Waals surface area contributed by atoms with Gasteiger partial charge in [-0.05, 0) is 31.2 Å². The van der Waals surface area contributed by atoms with E-state index in [1.54, 1.807) is 25.1 Å². The largest absolute Gasteiger partial charge is 0.487 e. The Labute approximate surface area is 123 Å². The quantitative estimate of drug-likeness (QED) is 0.924. The predicted molar refractivity (Wildman–Crippen MR) is 73.6 cm³/mol. The van der Waals surface area contributed by atoms with E-state index in [0.29, 0.717) is 22.6 Å². The van der Waals surface area contributed by atoms with Gasteiger partial charge in [0.2, 0.25) is 5.76 Å². The summed E-state index contributed by atoms with van der Waals surface area (Å²) in [6.45, 7) is 1.80. The summed E-state index contributed by atoms with van der Waals surface area (Å²) < 4.78 is 11.4. The molecule has 1 heterocycles. The van der Waals surface area contributed by atoms with E-state index in [4.69, 9.17) is 19.5 Å². The molecule has 0 atom stereocenters. The van der Waals surface area contributed by atoms with Crippen molar-refractivity contribution < 1.29 is 19.1 Å². The highest BCUT2D eigenvalue weighted by Crippen LogP contribution is 2.24. The van der Waals surface area contributed by atoms with Gasteiger partial charge in [-0.1, -0.05) is 15.9 Å². The summed E-state index contributed by atoms with van der Waals surface area (Å²) >= 11 is 3.28. The molecule has 1 aromatic heterocycles. The van der Waals surface area contributed by atoms with Crippen LogP contribution < -0.4 is 4.74 Å². The Bertz CT molecular complexity index is 700. The van der Waals surface area contributed by atoms with Crippen LogP contribution in [0.2, 0.25) is 0 Å². The third-order valence-electron chi connectivity index (χ3n) is 2.68. The Balaban J connectivity index is 2.17. The van der Waals surface area contributed by atoms with Crippen LogP contribution >= 0.6 is 15.9 Å². The molecule has 1 aromatic carbocycles. The highest BCUT2D eigenvalue weighted by molar-refractivity contribution is 9.10. The Kier molecular flexibility index (Phi) is 4.11. The normalized spacial score (nSPS) is 10.1. The lowest BCUT2D eigenvalue weighted by Gasteiger charge is -2.07. The fraction of sp³-hybridized carbons (Fsp3) is 0.143. The van der Waals surface area contributed by atoms with Gasteiger partial charge in [-0.3, -0.25) is 0 Å². The number of nitriles is 1. The summed E-state index contributed by atoms with van der Waals surface area (Å²) in [6.07, 6.45) is 0. The summed E-state index contributed by atoms with van der Waals surface area (Å²) in [6, 6.07) is 8.55. The van der Waals surface area contributed by atoms with Crippen LogP contribution in [0.25, 0.3) is 0 Å². The van der Waals surface area contributed by atoms with Gasteiger partial charge in [-0.2, -0.15) is 5.26 Å². The Morgan fingerprint density at radius 2 is 2.25 bits per heavy atom. The zero-order valence-electron chi connectivity index (χ0n) is 10.5. The number of hydrogen-bond acceptors (Lipinski definition) is 4. The third-order valence-corrected chi connectivity index (χ3v) is 3.17. The van der Waals surface area contributed by atoms with Crippen LogP contribution in [0.4, 0.5) is 0 Å². The van der Waals surface area contributed by atoms with E-state index < -0.39 is 5.97 Å². The van der Waals surface area contributed by atoms with Gasteiger partial charge in [0.15, 0.2) is 0 Å². The van der Waals surface area contributed by atoms with Crippen molar-refractivity contribution in [2.45, 2.75) is 13.5 Å². The van der Waals surface area contributed by atoms with Crippen LogP contribution in [-0.4, -0.2) is 11.1 Å². The number of benzene rings is 1. The minimum Gasteiger partial charge on any atom is -0.487 e. The highest BCUT2D eigenvalue weighted by atomic mass is 79.9. The number of nitrogens with zero attached hydrogens (tertiary/aromatic N) is 1. The van der Waals surface area contributed by atoms with Gasteiger partial charge in [-0.25, -0.2) is 4.79 Å². The number of ether oxygens (including phenoxy) is 1. The van der Waals surface area contributed by atoms with E-state index in [-0.39, 0.29) is 12.4 Å². The number of hydrogen-bond donors (Lipinski definition) is 1. The van der Waals surface area contributed by atoms with Crippen LogP contribution in [0, 0.1) is 18.3 Å². The van der Waals surface area contributed by atoms with Crippen LogP contribution in [0.15, 0.2) is 33.2 Å². The Morgan fingerprint density at radius 3 is 2.85 bits per heavy atom. The molecule has 0 aliphatic heterocycles. The van der Waals surface area contributed by atoms with E-state index in [1.807, 2.05) is 6.07 Å². The number of aryl methyl sites for hydroxylation is 1. The van der Waals surface area contributed by atoms with E-state index in [1.165, 1.54) is 6.07 Å². The standard InChI is InChI=1S/C14H10BrNO4/c1-8-10(5-13(20-8)14(17)18)7-19-12-3-2-11(15)4-9(12)6-16/h2-5H,7H2,1H3,(H,17,18). The second-order valence-corrected chi connectivity index (χ2v) is 4.95. The van der Waals surface area contributed by atoms with Crippen LogP contribution in [0.3, 0.4) is 0 Å². The van der Waals surface area contributed by atoms with Crippen molar-refractivity contribution in [1.29, 1.82) is 5.26 Å². The molecule has 0 aliphatic carbocycles. The molecule has 2 rings (SSSR count). The summed E-state index contributed by atoms with van der Waals surface area (Å²) in [7, 11) is 0. The lowest BCUT2D eigenvalue weighted by molar-refractivity contribution is 0.0661. The van der Waals surface area contributed by atoms with Gasteiger partial charge >= 0.3 is 5.97 Å². The average molecular weight is 336 g/mol. The van der Waals surface area contributed by atoms with Gasteiger partial charge in [0.25, 0.3) is 0 Å². The molecular weight excluding hydrogens is 326 g/mol.